The number of carbonyl (C=O) groups excluding carboxylic acids is 1. The van der Waals surface area contributed by atoms with Crippen LogP contribution in [0.15, 0.2) is 0 Å². The molecule has 0 aromatic carbocycles. The van der Waals surface area contributed by atoms with Crippen LogP contribution >= 0.6 is 23.2 Å². The van der Waals surface area contributed by atoms with Crippen LogP contribution in [0.3, 0.4) is 0 Å². The van der Waals surface area contributed by atoms with E-state index in [0.717, 1.165) is 39.0 Å². The minimum atomic E-state index is -0.814. The number of hydrogen-bond acceptors (Lipinski definition) is 3. The van der Waals surface area contributed by atoms with Crippen LogP contribution in [0.25, 0.3) is 0 Å². The molecule has 2 heterocycles. The molecule has 0 aromatic heterocycles. The third-order valence-corrected chi connectivity index (χ3v) is 4.99. The summed E-state index contributed by atoms with van der Waals surface area (Å²) in [7, 11) is 0. The van der Waals surface area contributed by atoms with Crippen LogP contribution in [0, 0.1) is 5.92 Å². The van der Waals surface area contributed by atoms with E-state index in [1.165, 1.54) is 0 Å². The summed E-state index contributed by atoms with van der Waals surface area (Å²) in [5.41, 5.74) is 0. The lowest BCUT2D eigenvalue weighted by Crippen LogP contribution is -2.43. The number of ether oxygens (including phenoxy) is 2. The van der Waals surface area contributed by atoms with E-state index in [9.17, 15) is 4.79 Å². The molecule has 1 aliphatic carbocycles. The Morgan fingerprint density at radius 1 is 1.21 bits per heavy atom. The fourth-order valence-corrected chi connectivity index (χ4v) is 3.30. The van der Waals surface area contributed by atoms with E-state index in [1.54, 1.807) is 0 Å². The van der Waals surface area contributed by atoms with Crippen molar-refractivity contribution in [1.82, 2.24) is 4.90 Å². The number of likely N-dealkylation sites (tertiary alicyclic amines) is 1. The number of hydrogen-bond donors (Lipinski definition) is 0. The molecule has 0 bridgehead atoms. The number of carbonyl (C=O) groups is 1. The zero-order valence-corrected chi connectivity index (χ0v) is 12.3. The minimum Gasteiger partial charge on any atom is -0.379 e. The van der Waals surface area contributed by atoms with Gasteiger partial charge in [-0.1, -0.05) is 0 Å². The smallest absolute Gasteiger partial charge is 0.228 e. The quantitative estimate of drug-likeness (QED) is 0.748. The van der Waals surface area contributed by atoms with E-state index >= 15 is 0 Å². The van der Waals surface area contributed by atoms with Crippen molar-refractivity contribution in [2.24, 2.45) is 5.92 Å². The fourth-order valence-electron chi connectivity index (χ4n) is 2.81. The number of amides is 1. The second kappa shape index (κ2) is 5.40. The van der Waals surface area contributed by atoms with Crippen molar-refractivity contribution in [3.63, 3.8) is 0 Å². The molecule has 2 aliphatic heterocycles. The molecule has 3 rings (SSSR count). The molecular weight excluding hydrogens is 289 g/mol. The van der Waals surface area contributed by atoms with Crippen molar-refractivity contribution in [2.45, 2.75) is 42.2 Å². The lowest BCUT2D eigenvalue weighted by Gasteiger charge is -2.33. The van der Waals surface area contributed by atoms with E-state index in [1.807, 2.05) is 4.90 Å². The standard InChI is InChI=1S/C13H19Cl2NO3/c14-13(15)7-11(13)12(17)16-4-1-9(2-5-16)19-10-3-6-18-8-10/h9-11H,1-8H2/t10-,11+/m1/s1. The molecule has 0 radical (unpaired) electrons. The monoisotopic (exact) mass is 307 g/mol. The number of rotatable bonds is 3. The summed E-state index contributed by atoms with van der Waals surface area (Å²) in [5.74, 6) is -0.0933. The first kappa shape index (κ1) is 13.9. The van der Waals surface area contributed by atoms with Crippen LogP contribution in [0.4, 0.5) is 0 Å². The maximum absolute atomic E-state index is 12.1. The maximum atomic E-state index is 12.1. The normalized spacial score (nSPS) is 34.5. The summed E-state index contributed by atoms with van der Waals surface area (Å²) >= 11 is 11.9. The highest BCUT2D eigenvalue weighted by Gasteiger charge is 2.57. The summed E-state index contributed by atoms with van der Waals surface area (Å²) in [4.78, 5) is 14.0. The lowest BCUT2D eigenvalue weighted by atomic mass is 10.1. The molecule has 19 heavy (non-hydrogen) atoms. The summed E-state index contributed by atoms with van der Waals surface area (Å²) < 4.78 is 10.5. The van der Waals surface area contributed by atoms with Crippen LogP contribution in [0.5, 0.6) is 0 Å². The van der Waals surface area contributed by atoms with E-state index in [4.69, 9.17) is 32.7 Å². The third-order valence-electron chi connectivity index (χ3n) is 4.15. The van der Waals surface area contributed by atoms with Gasteiger partial charge in [-0.15, -0.1) is 23.2 Å². The number of halogens is 2. The molecule has 0 aromatic rings. The Kier molecular flexibility index (Phi) is 3.96. The van der Waals surface area contributed by atoms with Gasteiger partial charge in [-0.3, -0.25) is 4.79 Å². The van der Waals surface area contributed by atoms with Gasteiger partial charge in [-0.2, -0.15) is 0 Å². The Balaban J connectivity index is 1.43. The van der Waals surface area contributed by atoms with Crippen LogP contribution in [0.1, 0.15) is 25.7 Å². The molecule has 4 nitrogen and oxygen atoms in total. The van der Waals surface area contributed by atoms with Crippen molar-refractivity contribution in [2.75, 3.05) is 26.3 Å². The van der Waals surface area contributed by atoms with Gasteiger partial charge in [-0.05, 0) is 25.7 Å². The van der Waals surface area contributed by atoms with Gasteiger partial charge in [0.25, 0.3) is 0 Å². The fraction of sp³-hybridized carbons (Fsp3) is 0.923. The summed E-state index contributed by atoms with van der Waals surface area (Å²) in [6.07, 6.45) is 3.87. The molecule has 1 saturated carbocycles. The van der Waals surface area contributed by atoms with Crippen molar-refractivity contribution < 1.29 is 14.3 Å². The second-order valence-electron chi connectivity index (χ2n) is 5.66. The summed E-state index contributed by atoms with van der Waals surface area (Å²) in [6.45, 7) is 3.01. The SMILES string of the molecule is O=C([C@@H]1CC1(Cl)Cl)N1CCC(O[C@@H]2CCOC2)CC1. The molecule has 3 aliphatic rings. The molecule has 2 saturated heterocycles. The van der Waals surface area contributed by atoms with Gasteiger partial charge >= 0.3 is 0 Å². The van der Waals surface area contributed by atoms with E-state index in [-0.39, 0.29) is 24.0 Å². The van der Waals surface area contributed by atoms with Crippen molar-refractivity contribution in [1.29, 1.82) is 0 Å². The maximum Gasteiger partial charge on any atom is 0.228 e. The number of alkyl halides is 2. The van der Waals surface area contributed by atoms with Gasteiger partial charge in [0.2, 0.25) is 5.91 Å². The van der Waals surface area contributed by atoms with E-state index in [2.05, 4.69) is 0 Å². The van der Waals surface area contributed by atoms with E-state index < -0.39 is 4.33 Å². The Morgan fingerprint density at radius 2 is 1.89 bits per heavy atom. The summed E-state index contributed by atoms with van der Waals surface area (Å²) in [6, 6.07) is 0. The molecule has 1 amide bonds. The number of piperidine rings is 1. The van der Waals surface area contributed by atoms with Crippen LogP contribution in [-0.2, 0) is 14.3 Å². The second-order valence-corrected chi connectivity index (χ2v) is 7.21. The lowest BCUT2D eigenvalue weighted by molar-refractivity contribution is -0.136. The van der Waals surface area contributed by atoms with Crippen LogP contribution in [0.2, 0.25) is 0 Å². The van der Waals surface area contributed by atoms with Gasteiger partial charge in [0.05, 0.1) is 24.7 Å². The van der Waals surface area contributed by atoms with Gasteiger partial charge in [0.1, 0.15) is 4.33 Å². The molecule has 0 spiro atoms. The molecule has 6 heteroatoms. The topological polar surface area (TPSA) is 38.8 Å². The molecular formula is C13H19Cl2NO3. The van der Waals surface area contributed by atoms with Gasteiger partial charge in [0.15, 0.2) is 0 Å². The van der Waals surface area contributed by atoms with Gasteiger partial charge in [-0.25, -0.2) is 0 Å². The summed E-state index contributed by atoms with van der Waals surface area (Å²) in [5, 5.41) is 0. The zero-order valence-electron chi connectivity index (χ0n) is 10.8. The molecule has 108 valence electrons. The van der Waals surface area contributed by atoms with Crippen LogP contribution in [-0.4, -0.2) is 53.7 Å². The van der Waals surface area contributed by atoms with Crippen LogP contribution < -0.4 is 0 Å². The Bertz CT molecular complexity index is 350. The zero-order chi connectivity index (χ0) is 13.5. The third kappa shape index (κ3) is 3.18. The average molecular weight is 308 g/mol. The van der Waals surface area contributed by atoms with Crippen molar-refractivity contribution in [3.8, 4) is 0 Å². The van der Waals surface area contributed by atoms with Gasteiger partial charge in [0, 0.05) is 19.7 Å². The Hall–Kier alpha value is -0.0300. The van der Waals surface area contributed by atoms with Crippen molar-refractivity contribution >= 4 is 29.1 Å². The van der Waals surface area contributed by atoms with E-state index in [0.29, 0.717) is 13.0 Å². The predicted octanol–water partition coefficient (Wildman–Crippen LogP) is 1.98. The van der Waals surface area contributed by atoms with Crippen molar-refractivity contribution in [3.05, 3.63) is 0 Å². The highest BCUT2D eigenvalue weighted by molar-refractivity contribution is 6.52. The Labute approximate surface area is 123 Å². The molecule has 0 unspecified atom stereocenters. The number of nitrogens with zero attached hydrogens (tertiary/aromatic N) is 1. The first-order valence-electron chi connectivity index (χ1n) is 6.96. The largest absolute Gasteiger partial charge is 0.379 e. The molecule has 2 atom stereocenters. The first-order chi connectivity index (χ1) is 9.06. The molecule has 0 N–H and O–H groups in total. The highest BCUT2D eigenvalue weighted by atomic mass is 35.5. The average Bonchev–Trinajstić information content (AvgIpc) is 2.79. The first-order valence-corrected chi connectivity index (χ1v) is 7.71. The van der Waals surface area contributed by atoms with Gasteiger partial charge < -0.3 is 14.4 Å². The Morgan fingerprint density at radius 3 is 2.42 bits per heavy atom. The minimum absolute atomic E-state index is 0.104. The predicted molar refractivity (Wildman–Crippen MR) is 72.5 cm³/mol. The molecule has 3 fully saturated rings. The highest BCUT2D eigenvalue weighted by Crippen LogP contribution is 2.54.